The van der Waals surface area contributed by atoms with E-state index in [1.165, 1.54) is 4.88 Å². The first-order valence-corrected chi connectivity index (χ1v) is 4.48. The molecule has 0 radical (unpaired) electrons. The molecule has 2 atom stereocenters. The first-order chi connectivity index (χ1) is 5.11. The number of aryl methyl sites for hydroxylation is 1. The maximum absolute atomic E-state index is 9.49. The molecule has 2 nitrogen and oxygen atoms in total. The van der Waals surface area contributed by atoms with Gasteiger partial charge in [0.15, 0.2) is 0 Å². The van der Waals surface area contributed by atoms with Crippen molar-refractivity contribution in [3.8, 4) is 0 Å². The Kier molecular flexibility index (Phi) is 2.65. The monoisotopic (exact) mass is 171 g/mol. The highest BCUT2D eigenvalue weighted by Gasteiger charge is 2.12. The highest BCUT2D eigenvalue weighted by atomic mass is 32.1. The molecule has 1 rings (SSSR count). The molecular weight excluding hydrogens is 158 g/mol. The van der Waals surface area contributed by atoms with Gasteiger partial charge in [-0.25, -0.2) is 0 Å². The molecule has 0 aliphatic rings. The van der Waals surface area contributed by atoms with Gasteiger partial charge in [0, 0.05) is 10.9 Å². The third kappa shape index (κ3) is 2.02. The number of aliphatic hydroxyl groups is 1. The van der Waals surface area contributed by atoms with E-state index in [0.29, 0.717) is 0 Å². The minimum Gasteiger partial charge on any atom is -0.387 e. The van der Waals surface area contributed by atoms with E-state index in [9.17, 15) is 5.11 Å². The van der Waals surface area contributed by atoms with Crippen LogP contribution in [-0.4, -0.2) is 11.1 Å². The van der Waals surface area contributed by atoms with Gasteiger partial charge < -0.3 is 10.8 Å². The topological polar surface area (TPSA) is 46.2 Å². The maximum Gasteiger partial charge on any atom is 0.0946 e. The van der Waals surface area contributed by atoms with Crippen LogP contribution in [-0.2, 0) is 0 Å². The second-order valence-corrected chi connectivity index (χ2v) is 3.91. The fourth-order valence-electron chi connectivity index (χ4n) is 0.922. The van der Waals surface area contributed by atoms with Crippen LogP contribution < -0.4 is 5.73 Å². The largest absolute Gasteiger partial charge is 0.387 e. The fourth-order valence-corrected chi connectivity index (χ4v) is 1.66. The van der Waals surface area contributed by atoms with Gasteiger partial charge in [0.1, 0.15) is 0 Å². The van der Waals surface area contributed by atoms with Crippen LogP contribution in [0.15, 0.2) is 11.4 Å². The Morgan fingerprint density at radius 1 is 1.64 bits per heavy atom. The quantitative estimate of drug-likeness (QED) is 0.707. The third-order valence-corrected chi connectivity index (χ3v) is 2.47. The summed E-state index contributed by atoms with van der Waals surface area (Å²) in [4.78, 5) is 1.21. The number of rotatable bonds is 2. The lowest BCUT2D eigenvalue weighted by Crippen LogP contribution is -2.23. The molecule has 11 heavy (non-hydrogen) atoms. The molecule has 3 heteroatoms. The molecule has 1 aromatic rings. The molecule has 0 fully saturated rings. The van der Waals surface area contributed by atoms with Gasteiger partial charge in [-0.1, -0.05) is 0 Å². The van der Waals surface area contributed by atoms with Crippen molar-refractivity contribution in [1.29, 1.82) is 0 Å². The van der Waals surface area contributed by atoms with Crippen molar-refractivity contribution < 1.29 is 5.11 Å². The van der Waals surface area contributed by atoms with Crippen LogP contribution >= 0.6 is 11.3 Å². The summed E-state index contributed by atoms with van der Waals surface area (Å²) in [5.74, 6) is 0. The minimum atomic E-state index is -0.514. The van der Waals surface area contributed by atoms with Crippen LogP contribution in [0.4, 0.5) is 0 Å². The Bertz CT molecular complexity index is 232. The van der Waals surface area contributed by atoms with E-state index in [1.807, 2.05) is 18.4 Å². The summed E-state index contributed by atoms with van der Waals surface area (Å²) in [7, 11) is 0. The Balaban J connectivity index is 2.76. The molecule has 0 aliphatic heterocycles. The van der Waals surface area contributed by atoms with Crippen molar-refractivity contribution in [2.75, 3.05) is 0 Å². The molecule has 3 N–H and O–H groups in total. The molecule has 0 saturated heterocycles. The number of thiophene rings is 1. The van der Waals surface area contributed by atoms with E-state index in [4.69, 9.17) is 5.73 Å². The zero-order chi connectivity index (χ0) is 8.43. The van der Waals surface area contributed by atoms with E-state index in [-0.39, 0.29) is 6.04 Å². The average molecular weight is 171 g/mol. The van der Waals surface area contributed by atoms with Crippen LogP contribution in [0.5, 0.6) is 0 Å². The lowest BCUT2D eigenvalue weighted by atomic mass is 10.1. The Hall–Kier alpha value is -0.380. The predicted molar refractivity (Wildman–Crippen MR) is 47.7 cm³/mol. The minimum absolute atomic E-state index is 0.191. The second-order valence-electron chi connectivity index (χ2n) is 2.79. The molecule has 1 aromatic heterocycles. The fraction of sp³-hybridized carbons (Fsp3) is 0.500. The number of hydrogen-bond acceptors (Lipinski definition) is 3. The molecule has 0 saturated carbocycles. The Morgan fingerprint density at radius 2 is 2.27 bits per heavy atom. The van der Waals surface area contributed by atoms with Gasteiger partial charge in [-0.15, -0.1) is 11.3 Å². The summed E-state index contributed by atoms with van der Waals surface area (Å²) in [6, 6.07) is 1.78. The van der Waals surface area contributed by atoms with Gasteiger partial charge in [-0.3, -0.25) is 0 Å². The van der Waals surface area contributed by atoms with Crippen LogP contribution in [0.2, 0.25) is 0 Å². The van der Waals surface area contributed by atoms with E-state index in [2.05, 4.69) is 0 Å². The van der Waals surface area contributed by atoms with Gasteiger partial charge in [-0.2, -0.15) is 0 Å². The highest BCUT2D eigenvalue weighted by molar-refractivity contribution is 7.10. The van der Waals surface area contributed by atoms with Gasteiger partial charge >= 0.3 is 0 Å². The summed E-state index contributed by atoms with van der Waals surface area (Å²) in [5, 5.41) is 11.4. The molecule has 0 spiro atoms. The summed E-state index contributed by atoms with van der Waals surface area (Å²) in [6.07, 6.45) is -0.514. The SMILES string of the molecule is Cc1cc([C@@H](O)[C@H](C)N)cs1. The third-order valence-electron chi connectivity index (χ3n) is 1.59. The lowest BCUT2D eigenvalue weighted by molar-refractivity contribution is 0.154. The van der Waals surface area contributed by atoms with Crippen molar-refractivity contribution in [2.24, 2.45) is 5.73 Å². The van der Waals surface area contributed by atoms with Crippen LogP contribution in [0.1, 0.15) is 23.5 Å². The number of hydrogen-bond donors (Lipinski definition) is 2. The van der Waals surface area contributed by atoms with Crippen molar-refractivity contribution in [3.05, 3.63) is 21.9 Å². The van der Waals surface area contributed by atoms with Crippen molar-refractivity contribution in [1.82, 2.24) is 0 Å². The van der Waals surface area contributed by atoms with Gasteiger partial charge in [0.05, 0.1) is 6.10 Å². The highest BCUT2D eigenvalue weighted by Crippen LogP contribution is 2.21. The van der Waals surface area contributed by atoms with Crippen molar-refractivity contribution in [3.63, 3.8) is 0 Å². The van der Waals surface area contributed by atoms with E-state index in [0.717, 1.165) is 5.56 Å². The van der Waals surface area contributed by atoms with E-state index >= 15 is 0 Å². The summed E-state index contributed by atoms with van der Waals surface area (Å²) >= 11 is 1.63. The second kappa shape index (κ2) is 3.34. The van der Waals surface area contributed by atoms with Crippen LogP contribution in [0.25, 0.3) is 0 Å². The molecular formula is C8H13NOS. The standard InChI is InChI=1S/C8H13NOS/c1-5-3-7(4-11-5)8(10)6(2)9/h3-4,6,8,10H,9H2,1-2H3/t6-,8-/m0/s1. The molecule has 0 aliphatic carbocycles. The van der Waals surface area contributed by atoms with Crippen LogP contribution in [0.3, 0.4) is 0 Å². The summed E-state index contributed by atoms with van der Waals surface area (Å²) < 4.78 is 0. The average Bonchev–Trinajstić information content (AvgIpc) is 2.34. The summed E-state index contributed by atoms with van der Waals surface area (Å²) in [5.41, 5.74) is 6.46. The summed E-state index contributed by atoms with van der Waals surface area (Å²) in [6.45, 7) is 3.82. The first-order valence-electron chi connectivity index (χ1n) is 3.60. The van der Waals surface area contributed by atoms with Crippen molar-refractivity contribution >= 4 is 11.3 Å². The normalized spacial score (nSPS) is 16.4. The van der Waals surface area contributed by atoms with Gasteiger partial charge in [0.2, 0.25) is 0 Å². The smallest absolute Gasteiger partial charge is 0.0946 e. The molecule has 0 unspecified atom stereocenters. The maximum atomic E-state index is 9.49. The molecule has 1 heterocycles. The first kappa shape index (κ1) is 8.71. The zero-order valence-corrected chi connectivity index (χ0v) is 7.56. The number of aliphatic hydroxyl groups excluding tert-OH is 1. The lowest BCUT2D eigenvalue weighted by Gasteiger charge is -2.11. The predicted octanol–water partition coefficient (Wildman–Crippen LogP) is 1.44. The molecule has 0 aromatic carbocycles. The Morgan fingerprint density at radius 3 is 2.64 bits per heavy atom. The number of nitrogens with two attached hydrogens (primary N) is 1. The Labute approximate surface area is 70.7 Å². The van der Waals surface area contributed by atoms with Gasteiger partial charge in [-0.05, 0) is 30.9 Å². The van der Waals surface area contributed by atoms with Crippen molar-refractivity contribution in [2.45, 2.75) is 26.0 Å². The zero-order valence-electron chi connectivity index (χ0n) is 6.74. The van der Waals surface area contributed by atoms with E-state index < -0.39 is 6.10 Å². The molecule has 0 bridgehead atoms. The van der Waals surface area contributed by atoms with Crippen LogP contribution in [0, 0.1) is 6.92 Å². The molecule has 0 amide bonds. The molecule has 62 valence electrons. The van der Waals surface area contributed by atoms with Gasteiger partial charge in [0.25, 0.3) is 0 Å². The van der Waals surface area contributed by atoms with E-state index in [1.54, 1.807) is 18.3 Å².